The van der Waals surface area contributed by atoms with E-state index in [1.807, 2.05) is 0 Å². The maximum absolute atomic E-state index is 12.2. The molecule has 0 aliphatic heterocycles. The molecule has 0 unspecified atom stereocenters. The summed E-state index contributed by atoms with van der Waals surface area (Å²) < 4.78 is 36.5. The van der Waals surface area contributed by atoms with Crippen LogP contribution in [0, 0.1) is 0 Å². The average molecular weight is 391 g/mol. The van der Waals surface area contributed by atoms with E-state index in [0.29, 0.717) is 16.1 Å². The highest BCUT2D eigenvalue weighted by atomic mass is 35.5. The molecule has 0 fully saturated rings. The Morgan fingerprint density at radius 2 is 1.60 bits per heavy atom. The number of rotatable bonds is 4. The van der Waals surface area contributed by atoms with Gasteiger partial charge in [0, 0.05) is 17.8 Å². The van der Waals surface area contributed by atoms with Gasteiger partial charge in [-0.15, -0.1) is 0 Å². The van der Waals surface area contributed by atoms with E-state index in [2.05, 4.69) is 5.32 Å². The Labute approximate surface area is 150 Å². The number of alkyl halides is 3. The molecule has 0 bridgehead atoms. The molecule has 2 aromatic rings. The summed E-state index contributed by atoms with van der Waals surface area (Å²) in [5.41, 5.74) is 0.962. The zero-order valence-electron chi connectivity index (χ0n) is 12.5. The van der Waals surface area contributed by atoms with Crippen LogP contribution in [0.15, 0.2) is 42.5 Å². The second kappa shape index (κ2) is 7.76. The van der Waals surface area contributed by atoms with Crippen LogP contribution in [0.5, 0.6) is 0 Å². The summed E-state index contributed by atoms with van der Waals surface area (Å²) in [6.07, 6.45) is -4.95. The number of anilines is 1. The first-order valence-electron chi connectivity index (χ1n) is 6.87. The lowest BCUT2D eigenvalue weighted by molar-refractivity contribution is -0.167. The standard InChI is InChI=1S/C16H11Cl2F3N2O2/c17-12-6-3-10(7-13(12)18)14(24)22-8-9-1-4-11(5-2-9)23-15(25)16(19,20)21/h1-7H,8H2,(H,22,24)(H,23,25). The fraction of sp³-hybridized carbons (Fsp3) is 0.125. The fourth-order valence-corrected chi connectivity index (χ4v) is 2.13. The largest absolute Gasteiger partial charge is 0.471 e. The Balaban J connectivity index is 1.94. The predicted octanol–water partition coefficient (Wildman–Crippen LogP) is 4.42. The van der Waals surface area contributed by atoms with Crippen LogP contribution in [0.1, 0.15) is 15.9 Å². The van der Waals surface area contributed by atoms with E-state index < -0.39 is 12.1 Å². The van der Waals surface area contributed by atoms with Crippen LogP contribution in [0.25, 0.3) is 0 Å². The van der Waals surface area contributed by atoms with Crippen molar-refractivity contribution in [1.29, 1.82) is 0 Å². The van der Waals surface area contributed by atoms with E-state index in [4.69, 9.17) is 23.2 Å². The van der Waals surface area contributed by atoms with E-state index in [0.717, 1.165) is 0 Å². The monoisotopic (exact) mass is 390 g/mol. The topological polar surface area (TPSA) is 58.2 Å². The van der Waals surface area contributed by atoms with Gasteiger partial charge in [0.2, 0.25) is 0 Å². The Hall–Kier alpha value is -2.25. The molecule has 2 rings (SSSR count). The minimum absolute atomic E-state index is 0.00174. The molecule has 2 N–H and O–H groups in total. The van der Waals surface area contributed by atoms with Crippen LogP contribution >= 0.6 is 23.2 Å². The molecule has 0 aliphatic carbocycles. The van der Waals surface area contributed by atoms with Crippen molar-refractivity contribution in [2.24, 2.45) is 0 Å². The van der Waals surface area contributed by atoms with Crippen molar-refractivity contribution >= 4 is 40.7 Å². The van der Waals surface area contributed by atoms with Gasteiger partial charge in [0.1, 0.15) is 0 Å². The molecular weight excluding hydrogens is 380 g/mol. The quantitative estimate of drug-likeness (QED) is 0.811. The number of carbonyl (C=O) groups is 2. The second-order valence-electron chi connectivity index (χ2n) is 4.96. The van der Waals surface area contributed by atoms with E-state index in [-0.39, 0.29) is 23.2 Å². The van der Waals surface area contributed by atoms with Crippen molar-refractivity contribution in [3.05, 3.63) is 63.6 Å². The van der Waals surface area contributed by atoms with Crippen LogP contribution in [-0.4, -0.2) is 18.0 Å². The molecule has 4 nitrogen and oxygen atoms in total. The molecule has 0 aromatic heterocycles. The molecule has 9 heteroatoms. The minimum atomic E-state index is -4.95. The van der Waals surface area contributed by atoms with Crippen molar-refractivity contribution in [3.63, 3.8) is 0 Å². The maximum atomic E-state index is 12.2. The van der Waals surface area contributed by atoms with Gasteiger partial charge < -0.3 is 10.6 Å². The first kappa shape index (κ1) is 19.1. The molecule has 0 radical (unpaired) electrons. The molecule has 132 valence electrons. The van der Waals surface area contributed by atoms with E-state index in [1.54, 1.807) is 5.32 Å². The zero-order valence-corrected chi connectivity index (χ0v) is 14.0. The highest BCUT2D eigenvalue weighted by Crippen LogP contribution is 2.22. The van der Waals surface area contributed by atoms with Gasteiger partial charge in [-0.25, -0.2) is 0 Å². The third-order valence-electron chi connectivity index (χ3n) is 3.10. The van der Waals surface area contributed by atoms with Gasteiger partial charge in [-0.1, -0.05) is 35.3 Å². The van der Waals surface area contributed by atoms with E-state index >= 15 is 0 Å². The summed E-state index contributed by atoms with van der Waals surface area (Å²) in [4.78, 5) is 22.8. The Bertz CT molecular complexity index is 793. The van der Waals surface area contributed by atoms with Gasteiger partial charge in [-0.3, -0.25) is 9.59 Å². The molecule has 0 saturated carbocycles. The Kier molecular flexibility index (Phi) is 5.92. The third kappa shape index (κ3) is 5.37. The molecular formula is C16H11Cl2F3N2O2. The number of hydrogen-bond acceptors (Lipinski definition) is 2. The highest BCUT2D eigenvalue weighted by Gasteiger charge is 2.38. The Morgan fingerprint density at radius 1 is 0.960 bits per heavy atom. The van der Waals surface area contributed by atoms with Crippen molar-refractivity contribution in [1.82, 2.24) is 5.32 Å². The molecule has 25 heavy (non-hydrogen) atoms. The average Bonchev–Trinajstić information content (AvgIpc) is 2.55. The lowest BCUT2D eigenvalue weighted by Crippen LogP contribution is -2.29. The number of nitrogens with one attached hydrogen (secondary N) is 2. The van der Waals surface area contributed by atoms with Crippen molar-refractivity contribution in [2.75, 3.05) is 5.32 Å². The first-order chi connectivity index (χ1) is 11.7. The molecule has 0 atom stereocenters. The van der Waals surface area contributed by atoms with Gasteiger partial charge in [-0.2, -0.15) is 13.2 Å². The lowest BCUT2D eigenvalue weighted by Gasteiger charge is -2.09. The summed E-state index contributed by atoms with van der Waals surface area (Å²) in [5, 5.41) is 4.95. The summed E-state index contributed by atoms with van der Waals surface area (Å²) in [7, 11) is 0. The van der Waals surface area contributed by atoms with Crippen molar-refractivity contribution in [3.8, 4) is 0 Å². The zero-order chi connectivity index (χ0) is 18.6. The number of carbonyl (C=O) groups excluding carboxylic acids is 2. The van der Waals surface area contributed by atoms with Gasteiger partial charge in [0.15, 0.2) is 0 Å². The highest BCUT2D eigenvalue weighted by molar-refractivity contribution is 6.42. The predicted molar refractivity (Wildman–Crippen MR) is 88.8 cm³/mol. The van der Waals surface area contributed by atoms with Crippen molar-refractivity contribution < 1.29 is 22.8 Å². The number of amides is 2. The lowest BCUT2D eigenvalue weighted by atomic mass is 10.2. The van der Waals surface area contributed by atoms with E-state index in [1.165, 1.54) is 42.5 Å². The number of benzene rings is 2. The Morgan fingerprint density at radius 3 is 2.16 bits per heavy atom. The summed E-state index contributed by atoms with van der Waals surface area (Å²) >= 11 is 11.6. The number of hydrogen-bond donors (Lipinski definition) is 2. The van der Waals surface area contributed by atoms with Gasteiger partial charge >= 0.3 is 12.1 Å². The first-order valence-corrected chi connectivity index (χ1v) is 7.63. The smallest absolute Gasteiger partial charge is 0.348 e. The molecule has 0 aliphatic rings. The third-order valence-corrected chi connectivity index (χ3v) is 3.84. The van der Waals surface area contributed by atoms with Gasteiger partial charge in [-0.05, 0) is 35.9 Å². The SMILES string of the molecule is O=C(NCc1ccc(NC(=O)C(F)(F)F)cc1)c1ccc(Cl)c(Cl)c1. The molecule has 2 aromatic carbocycles. The summed E-state index contributed by atoms with van der Waals surface area (Å²) in [6.45, 7) is 0.145. The van der Waals surface area contributed by atoms with E-state index in [9.17, 15) is 22.8 Å². The van der Waals surface area contributed by atoms with Crippen molar-refractivity contribution in [2.45, 2.75) is 12.7 Å². The second-order valence-corrected chi connectivity index (χ2v) is 5.77. The van der Waals surface area contributed by atoms with Crippen LogP contribution in [0.4, 0.5) is 18.9 Å². The van der Waals surface area contributed by atoms with Gasteiger partial charge in [0.25, 0.3) is 5.91 Å². The molecule has 0 saturated heterocycles. The number of halogens is 5. The van der Waals surface area contributed by atoms with Crippen LogP contribution in [-0.2, 0) is 11.3 Å². The fourth-order valence-electron chi connectivity index (χ4n) is 1.83. The van der Waals surface area contributed by atoms with Gasteiger partial charge in [0.05, 0.1) is 10.0 Å². The maximum Gasteiger partial charge on any atom is 0.471 e. The van der Waals surface area contributed by atoms with Crippen LogP contribution in [0.2, 0.25) is 10.0 Å². The normalized spacial score (nSPS) is 11.1. The van der Waals surface area contributed by atoms with Crippen LogP contribution < -0.4 is 10.6 Å². The molecule has 0 heterocycles. The summed E-state index contributed by atoms with van der Waals surface area (Å²) in [5.74, 6) is -2.43. The summed E-state index contributed by atoms with van der Waals surface area (Å²) in [6, 6.07) is 10.0. The molecule has 2 amide bonds. The van der Waals surface area contributed by atoms with Crippen LogP contribution in [0.3, 0.4) is 0 Å². The molecule has 0 spiro atoms. The minimum Gasteiger partial charge on any atom is -0.348 e.